The summed E-state index contributed by atoms with van der Waals surface area (Å²) < 4.78 is 7.81. The third-order valence-corrected chi connectivity index (χ3v) is 6.55. The zero-order valence-electron chi connectivity index (χ0n) is 16.7. The Balaban J connectivity index is 1.31. The Labute approximate surface area is 180 Å². The van der Waals surface area contributed by atoms with Crippen LogP contribution in [0.15, 0.2) is 53.7 Å². The molecule has 0 atom stereocenters. The van der Waals surface area contributed by atoms with Gasteiger partial charge in [-0.1, -0.05) is 54.2 Å². The van der Waals surface area contributed by atoms with Gasteiger partial charge in [-0.05, 0) is 35.6 Å². The van der Waals surface area contributed by atoms with E-state index in [-0.39, 0.29) is 0 Å². The minimum Gasteiger partial charge on any atom is -0.378 e. The van der Waals surface area contributed by atoms with Gasteiger partial charge in [0, 0.05) is 24.9 Å². The van der Waals surface area contributed by atoms with Crippen LogP contribution in [0.25, 0.3) is 11.1 Å². The Bertz CT molecular complexity index is 1060. The Morgan fingerprint density at radius 3 is 2.53 bits per heavy atom. The number of aromatic nitrogens is 3. The molecule has 6 nitrogen and oxygen atoms in total. The van der Waals surface area contributed by atoms with Gasteiger partial charge < -0.3 is 9.64 Å². The van der Waals surface area contributed by atoms with Gasteiger partial charge in [0.2, 0.25) is 5.95 Å². The van der Waals surface area contributed by atoms with E-state index in [9.17, 15) is 5.26 Å². The first-order chi connectivity index (χ1) is 14.8. The predicted molar refractivity (Wildman–Crippen MR) is 117 cm³/mol. The van der Waals surface area contributed by atoms with E-state index < -0.39 is 0 Å². The third-order valence-electron chi connectivity index (χ3n) is 5.53. The molecule has 1 aliphatic carbocycles. The summed E-state index contributed by atoms with van der Waals surface area (Å²) in [6.45, 7) is 3.25. The number of benzene rings is 2. The van der Waals surface area contributed by atoms with Crippen molar-refractivity contribution in [2.24, 2.45) is 0 Å². The average molecular weight is 418 g/mol. The molecule has 0 N–H and O–H groups in total. The van der Waals surface area contributed by atoms with Crippen LogP contribution in [0.3, 0.4) is 0 Å². The molecule has 1 aromatic heterocycles. The molecule has 1 aliphatic heterocycles. The molecule has 3 aromatic rings. The van der Waals surface area contributed by atoms with Gasteiger partial charge in [-0.3, -0.25) is 4.57 Å². The Hall–Kier alpha value is -2.82. The van der Waals surface area contributed by atoms with Gasteiger partial charge in [-0.15, -0.1) is 10.2 Å². The smallest absolute Gasteiger partial charge is 0.228 e. The summed E-state index contributed by atoms with van der Waals surface area (Å²) in [5.74, 6) is 1.83. The monoisotopic (exact) mass is 417 g/mol. The van der Waals surface area contributed by atoms with Gasteiger partial charge in [0.1, 0.15) is 0 Å². The maximum Gasteiger partial charge on any atom is 0.228 e. The molecule has 30 heavy (non-hydrogen) atoms. The van der Waals surface area contributed by atoms with Crippen molar-refractivity contribution in [3.8, 4) is 17.2 Å². The number of ether oxygens (including phenoxy) is 1. The molecule has 1 saturated heterocycles. The number of hydrogen-bond donors (Lipinski definition) is 0. The highest BCUT2D eigenvalue weighted by Crippen LogP contribution is 2.41. The van der Waals surface area contributed by atoms with E-state index in [1.54, 1.807) is 11.8 Å². The molecule has 0 bridgehead atoms. The van der Waals surface area contributed by atoms with E-state index in [0.717, 1.165) is 54.3 Å². The molecule has 1 saturated carbocycles. The molecule has 2 heterocycles. The normalized spacial score (nSPS) is 16.4. The number of anilines is 1. The second-order valence-electron chi connectivity index (χ2n) is 7.63. The molecule has 2 aromatic carbocycles. The molecule has 0 spiro atoms. The van der Waals surface area contributed by atoms with Crippen LogP contribution < -0.4 is 4.90 Å². The van der Waals surface area contributed by atoms with Crippen molar-refractivity contribution in [2.45, 2.75) is 29.8 Å². The first kappa shape index (κ1) is 19.2. The quantitative estimate of drug-likeness (QED) is 0.558. The fourth-order valence-electron chi connectivity index (χ4n) is 3.76. The van der Waals surface area contributed by atoms with Crippen LogP contribution in [0.2, 0.25) is 0 Å². The fraction of sp³-hybridized carbons (Fsp3) is 0.348. The van der Waals surface area contributed by atoms with Crippen LogP contribution in [0.1, 0.15) is 30.0 Å². The largest absolute Gasteiger partial charge is 0.378 e. The van der Waals surface area contributed by atoms with Crippen molar-refractivity contribution < 1.29 is 4.74 Å². The summed E-state index contributed by atoms with van der Waals surface area (Å²) in [5, 5.41) is 19.4. The number of nitrogens with zero attached hydrogens (tertiary/aromatic N) is 5. The lowest BCUT2D eigenvalue weighted by molar-refractivity contribution is 0.121. The SMILES string of the molecule is N#Cc1ccccc1-c1ccc(CSc2nnc(N3CCOCC3)n2C2CC2)cc1. The lowest BCUT2D eigenvalue weighted by atomic mass is 10.00. The molecule has 2 aliphatic rings. The Kier molecular flexibility index (Phi) is 5.43. The van der Waals surface area contributed by atoms with Crippen molar-refractivity contribution in [1.82, 2.24) is 14.8 Å². The first-order valence-corrected chi connectivity index (χ1v) is 11.3. The molecule has 0 amide bonds. The summed E-state index contributed by atoms with van der Waals surface area (Å²) in [5.41, 5.74) is 3.98. The van der Waals surface area contributed by atoms with Crippen molar-refractivity contribution in [3.63, 3.8) is 0 Å². The molecular formula is C23H23N5OS. The summed E-state index contributed by atoms with van der Waals surface area (Å²) in [6, 6.07) is 19.0. The van der Waals surface area contributed by atoms with E-state index in [0.29, 0.717) is 11.6 Å². The highest BCUT2D eigenvalue weighted by molar-refractivity contribution is 7.98. The second-order valence-corrected chi connectivity index (χ2v) is 8.57. The minimum absolute atomic E-state index is 0.533. The van der Waals surface area contributed by atoms with E-state index in [4.69, 9.17) is 4.74 Å². The van der Waals surface area contributed by atoms with E-state index in [1.807, 2.05) is 24.3 Å². The van der Waals surface area contributed by atoms with Crippen LogP contribution in [-0.4, -0.2) is 41.1 Å². The molecule has 7 heteroatoms. The number of morpholine rings is 1. The molecule has 2 fully saturated rings. The maximum absolute atomic E-state index is 9.34. The van der Waals surface area contributed by atoms with Gasteiger partial charge in [-0.25, -0.2) is 0 Å². The van der Waals surface area contributed by atoms with E-state index in [2.05, 4.69) is 50.0 Å². The number of hydrogen-bond acceptors (Lipinski definition) is 6. The first-order valence-electron chi connectivity index (χ1n) is 10.3. The average Bonchev–Trinajstić information content (AvgIpc) is 3.57. The number of thioether (sulfide) groups is 1. The standard InChI is InChI=1S/C23H23N5OS/c24-15-19-3-1-2-4-21(19)18-7-5-17(6-8-18)16-30-23-26-25-22(28(23)20-9-10-20)27-11-13-29-14-12-27/h1-8,20H,9-14,16H2. The van der Waals surface area contributed by atoms with E-state index in [1.165, 1.54) is 18.4 Å². The van der Waals surface area contributed by atoms with Crippen LogP contribution in [0.4, 0.5) is 5.95 Å². The van der Waals surface area contributed by atoms with Gasteiger partial charge >= 0.3 is 0 Å². The predicted octanol–water partition coefficient (Wildman–Crippen LogP) is 4.28. The molecular weight excluding hydrogens is 394 g/mol. The third kappa shape index (κ3) is 3.93. The fourth-order valence-corrected chi connectivity index (χ4v) is 4.72. The zero-order valence-corrected chi connectivity index (χ0v) is 17.5. The van der Waals surface area contributed by atoms with Crippen LogP contribution in [0.5, 0.6) is 0 Å². The summed E-state index contributed by atoms with van der Waals surface area (Å²) in [7, 11) is 0. The molecule has 0 radical (unpaired) electrons. The second kappa shape index (κ2) is 8.50. The van der Waals surface area contributed by atoms with Crippen LogP contribution in [-0.2, 0) is 10.5 Å². The summed E-state index contributed by atoms with van der Waals surface area (Å²) >= 11 is 1.74. The Morgan fingerprint density at radius 2 is 1.80 bits per heavy atom. The van der Waals surface area contributed by atoms with E-state index >= 15 is 0 Å². The highest BCUT2D eigenvalue weighted by atomic mass is 32.2. The highest BCUT2D eigenvalue weighted by Gasteiger charge is 2.32. The van der Waals surface area contributed by atoms with Crippen LogP contribution >= 0.6 is 11.8 Å². The lowest BCUT2D eigenvalue weighted by Gasteiger charge is -2.27. The van der Waals surface area contributed by atoms with Gasteiger partial charge in [-0.2, -0.15) is 5.26 Å². The van der Waals surface area contributed by atoms with Gasteiger partial charge in [0.25, 0.3) is 0 Å². The lowest BCUT2D eigenvalue weighted by Crippen LogP contribution is -2.38. The zero-order chi connectivity index (χ0) is 20.3. The maximum atomic E-state index is 9.34. The topological polar surface area (TPSA) is 67.0 Å². The van der Waals surface area contributed by atoms with Crippen molar-refractivity contribution in [2.75, 3.05) is 31.2 Å². The molecule has 152 valence electrons. The molecule has 0 unspecified atom stereocenters. The molecule has 5 rings (SSSR count). The summed E-state index contributed by atoms with van der Waals surface area (Å²) in [6.07, 6.45) is 2.41. The van der Waals surface area contributed by atoms with Crippen molar-refractivity contribution >= 4 is 17.7 Å². The Morgan fingerprint density at radius 1 is 1.03 bits per heavy atom. The minimum atomic E-state index is 0.533. The summed E-state index contributed by atoms with van der Waals surface area (Å²) in [4.78, 5) is 2.29. The van der Waals surface area contributed by atoms with Crippen molar-refractivity contribution in [1.29, 1.82) is 5.26 Å². The van der Waals surface area contributed by atoms with Crippen LogP contribution in [0, 0.1) is 11.3 Å². The number of rotatable bonds is 6. The van der Waals surface area contributed by atoms with Gasteiger partial charge in [0.05, 0.1) is 24.8 Å². The van der Waals surface area contributed by atoms with Gasteiger partial charge in [0.15, 0.2) is 5.16 Å². The number of nitriles is 1. The van der Waals surface area contributed by atoms with Crippen molar-refractivity contribution in [3.05, 3.63) is 59.7 Å².